The second-order valence-electron chi connectivity index (χ2n) is 7.11. The maximum atomic E-state index is 12.6. The van der Waals surface area contributed by atoms with Crippen LogP contribution in [0.2, 0.25) is 0 Å². The molecule has 1 unspecified atom stereocenters. The summed E-state index contributed by atoms with van der Waals surface area (Å²) in [7, 11) is 2.99. The summed E-state index contributed by atoms with van der Waals surface area (Å²) in [4.78, 5) is 26.4. The molecule has 2 rings (SSSR count). The number of hydrogen-bond acceptors (Lipinski definition) is 6. The van der Waals surface area contributed by atoms with Crippen molar-refractivity contribution in [2.24, 2.45) is 5.41 Å². The van der Waals surface area contributed by atoms with E-state index in [9.17, 15) is 9.59 Å². The number of hydrogen-bond donors (Lipinski definition) is 2. The lowest BCUT2D eigenvalue weighted by atomic mass is 9.85. The number of nitrogens with zero attached hydrogens (tertiary/aromatic N) is 1. The van der Waals surface area contributed by atoms with Crippen molar-refractivity contribution in [2.75, 3.05) is 39.1 Å². The lowest BCUT2D eigenvalue weighted by Gasteiger charge is -2.39. The van der Waals surface area contributed by atoms with Crippen LogP contribution in [0.3, 0.4) is 0 Å². The van der Waals surface area contributed by atoms with Crippen LogP contribution in [0, 0.1) is 5.41 Å². The van der Waals surface area contributed by atoms with Gasteiger partial charge in [-0.2, -0.15) is 0 Å². The Balaban J connectivity index is 2.19. The van der Waals surface area contributed by atoms with Crippen LogP contribution in [0.25, 0.3) is 0 Å². The number of carbonyl (C=O) groups is 2. The molecule has 1 aliphatic heterocycles. The molecule has 0 radical (unpaired) electrons. The summed E-state index contributed by atoms with van der Waals surface area (Å²) in [6, 6.07) is 5.22. The normalized spacial score (nSPS) is 17.8. The molecule has 1 aromatic carbocycles. The highest BCUT2D eigenvalue weighted by molar-refractivity contribution is 5.99. The number of rotatable bonds is 3. The quantitative estimate of drug-likeness (QED) is 0.816. The minimum Gasteiger partial charge on any atom is -0.465 e. The molecule has 1 fully saturated rings. The smallest absolute Gasteiger partial charge is 0.415 e. The fourth-order valence-corrected chi connectivity index (χ4v) is 2.79. The van der Waals surface area contributed by atoms with Crippen molar-refractivity contribution in [3.05, 3.63) is 23.8 Å². The molecule has 0 saturated carbocycles. The van der Waals surface area contributed by atoms with Crippen LogP contribution in [0.5, 0.6) is 5.75 Å². The zero-order chi connectivity index (χ0) is 18.6. The molecule has 25 heavy (non-hydrogen) atoms. The Kier molecular flexibility index (Phi) is 5.89. The molecule has 138 valence electrons. The van der Waals surface area contributed by atoms with E-state index in [4.69, 9.17) is 9.47 Å². The minimum atomic E-state index is -0.555. The molecule has 1 heterocycles. The van der Waals surface area contributed by atoms with E-state index < -0.39 is 12.1 Å². The van der Waals surface area contributed by atoms with Gasteiger partial charge in [-0.15, -0.1) is 0 Å². The first kappa shape index (κ1) is 19.1. The maximum absolute atomic E-state index is 12.6. The number of esters is 1. The van der Waals surface area contributed by atoms with Gasteiger partial charge in [0.05, 0.1) is 12.8 Å². The van der Waals surface area contributed by atoms with Gasteiger partial charge in [-0.1, -0.05) is 26.8 Å². The molecule has 1 aromatic rings. The zero-order valence-corrected chi connectivity index (χ0v) is 15.5. The fraction of sp³-hybridized carbons (Fsp3) is 0.556. The summed E-state index contributed by atoms with van der Waals surface area (Å²) in [5.41, 5.74) is 0.788. The Labute approximate surface area is 148 Å². The molecule has 0 aliphatic carbocycles. The molecule has 0 spiro atoms. The highest BCUT2D eigenvalue weighted by atomic mass is 16.6. The van der Waals surface area contributed by atoms with Crippen molar-refractivity contribution in [2.45, 2.75) is 26.8 Å². The maximum Gasteiger partial charge on any atom is 0.415 e. The van der Waals surface area contributed by atoms with Gasteiger partial charge in [-0.05, 0) is 17.5 Å². The molecule has 7 nitrogen and oxygen atoms in total. The number of piperazine rings is 1. The number of methoxy groups -OCH3 is 1. The average molecular weight is 349 g/mol. The largest absolute Gasteiger partial charge is 0.465 e. The fourth-order valence-electron chi connectivity index (χ4n) is 2.79. The third-order valence-corrected chi connectivity index (χ3v) is 4.36. The lowest BCUT2D eigenvalue weighted by molar-refractivity contribution is 0.0597. The van der Waals surface area contributed by atoms with Crippen LogP contribution in [-0.2, 0) is 4.74 Å². The number of benzene rings is 1. The Morgan fingerprint density at radius 2 is 2.04 bits per heavy atom. The second kappa shape index (κ2) is 7.74. The van der Waals surface area contributed by atoms with Gasteiger partial charge in [-0.25, -0.2) is 9.59 Å². The van der Waals surface area contributed by atoms with Gasteiger partial charge >= 0.3 is 12.1 Å². The van der Waals surface area contributed by atoms with Crippen LogP contribution in [0.1, 0.15) is 31.1 Å². The molecule has 1 saturated heterocycles. The average Bonchev–Trinajstić information content (AvgIpc) is 2.60. The predicted octanol–water partition coefficient (Wildman–Crippen LogP) is 2.33. The molecule has 7 heteroatoms. The SMILES string of the molecule is CNc1cccc(OC(=O)N2CCNC(C(C)(C)C)C2)c1C(=O)OC. The van der Waals surface area contributed by atoms with Crippen LogP contribution in [0.4, 0.5) is 10.5 Å². The number of ether oxygens (including phenoxy) is 2. The molecular weight excluding hydrogens is 322 g/mol. The van der Waals surface area contributed by atoms with E-state index in [0.29, 0.717) is 25.3 Å². The molecule has 1 aliphatic rings. The summed E-state index contributed by atoms with van der Waals surface area (Å²) < 4.78 is 10.3. The van der Waals surface area contributed by atoms with E-state index in [0.717, 1.165) is 0 Å². The first-order valence-corrected chi connectivity index (χ1v) is 8.37. The van der Waals surface area contributed by atoms with Crippen LogP contribution in [-0.4, -0.2) is 56.8 Å². The summed E-state index contributed by atoms with van der Waals surface area (Å²) in [6.07, 6.45) is -0.464. The van der Waals surface area contributed by atoms with Gasteiger partial charge in [0.15, 0.2) is 0 Å². The summed E-state index contributed by atoms with van der Waals surface area (Å²) in [5, 5.41) is 6.35. The summed E-state index contributed by atoms with van der Waals surface area (Å²) >= 11 is 0. The lowest BCUT2D eigenvalue weighted by Crippen LogP contribution is -2.57. The van der Waals surface area contributed by atoms with Gasteiger partial charge < -0.3 is 25.0 Å². The number of carbonyl (C=O) groups excluding carboxylic acids is 2. The standard InChI is InChI=1S/C18H27N3O4/c1-18(2,3)14-11-21(10-9-20-14)17(23)25-13-8-6-7-12(19-4)15(13)16(22)24-5/h6-8,14,19-20H,9-11H2,1-5H3. The van der Waals surface area contributed by atoms with Crippen molar-refractivity contribution < 1.29 is 19.1 Å². The van der Waals surface area contributed by atoms with Crippen molar-refractivity contribution in [1.29, 1.82) is 0 Å². The third kappa shape index (κ3) is 4.42. The highest BCUT2D eigenvalue weighted by Crippen LogP contribution is 2.28. The molecule has 0 bridgehead atoms. The Morgan fingerprint density at radius 3 is 2.64 bits per heavy atom. The van der Waals surface area contributed by atoms with Crippen molar-refractivity contribution in [1.82, 2.24) is 10.2 Å². The summed E-state index contributed by atoms with van der Waals surface area (Å²) in [6.45, 7) is 8.21. The van der Waals surface area contributed by atoms with E-state index in [2.05, 4.69) is 31.4 Å². The third-order valence-electron chi connectivity index (χ3n) is 4.36. The van der Waals surface area contributed by atoms with Crippen LogP contribution < -0.4 is 15.4 Å². The minimum absolute atomic E-state index is 0.0299. The monoisotopic (exact) mass is 349 g/mol. The van der Waals surface area contributed by atoms with Gasteiger partial charge in [0, 0.05) is 32.7 Å². The Hall–Kier alpha value is -2.28. The summed E-state index contributed by atoms with van der Waals surface area (Å²) in [5.74, 6) is -0.366. The molecular formula is C18H27N3O4. The van der Waals surface area contributed by atoms with Crippen LogP contribution in [0.15, 0.2) is 18.2 Å². The van der Waals surface area contributed by atoms with E-state index >= 15 is 0 Å². The van der Waals surface area contributed by atoms with E-state index in [-0.39, 0.29) is 22.8 Å². The topological polar surface area (TPSA) is 79.9 Å². The van der Waals surface area contributed by atoms with Gasteiger partial charge in [0.1, 0.15) is 11.3 Å². The molecule has 1 atom stereocenters. The van der Waals surface area contributed by atoms with Gasteiger partial charge in [0.25, 0.3) is 0 Å². The Morgan fingerprint density at radius 1 is 1.32 bits per heavy atom. The molecule has 2 N–H and O–H groups in total. The van der Waals surface area contributed by atoms with E-state index in [1.54, 1.807) is 30.1 Å². The molecule has 0 aromatic heterocycles. The van der Waals surface area contributed by atoms with Crippen molar-refractivity contribution in [3.63, 3.8) is 0 Å². The highest BCUT2D eigenvalue weighted by Gasteiger charge is 2.32. The van der Waals surface area contributed by atoms with Crippen molar-refractivity contribution >= 4 is 17.7 Å². The number of anilines is 1. The van der Waals surface area contributed by atoms with E-state index in [1.165, 1.54) is 7.11 Å². The van der Waals surface area contributed by atoms with Crippen molar-refractivity contribution in [3.8, 4) is 5.75 Å². The van der Waals surface area contributed by atoms with Crippen LogP contribution >= 0.6 is 0 Å². The van der Waals surface area contributed by atoms with Gasteiger partial charge in [-0.3, -0.25) is 0 Å². The predicted molar refractivity (Wildman–Crippen MR) is 96.2 cm³/mol. The van der Waals surface area contributed by atoms with Gasteiger partial charge in [0.2, 0.25) is 0 Å². The second-order valence-corrected chi connectivity index (χ2v) is 7.11. The first-order valence-electron chi connectivity index (χ1n) is 8.37. The first-order chi connectivity index (χ1) is 11.8. The number of amides is 1. The number of nitrogens with one attached hydrogen (secondary N) is 2. The van der Waals surface area contributed by atoms with E-state index in [1.807, 2.05) is 0 Å². The zero-order valence-electron chi connectivity index (χ0n) is 15.5. The molecule has 1 amide bonds. The Bertz CT molecular complexity index is 640.